The van der Waals surface area contributed by atoms with Gasteiger partial charge in [0, 0.05) is 52.3 Å². The number of nitrogens with one attached hydrogen (secondary N) is 5. The number of aliphatic hydroxyl groups excluding tert-OH is 1. The molecule has 9 aromatic rings. The molecule has 11 rings (SSSR count). The van der Waals surface area contributed by atoms with Crippen molar-refractivity contribution in [2.75, 3.05) is 25.6 Å². The highest BCUT2D eigenvalue weighted by Gasteiger charge is 2.35. The van der Waals surface area contributed by atoms with Crippen LogP contribution in [0.3, 0.4) is 0 Å². The number of aromatic carboxylic acids is 1. The van der Waals surface area contributed by atoms with Crippen LogP contribution < -0.4 is 31.5 Å². The third kappa shape index (κ3) is 14.7. The standard InChI is InChI=1S/C61H58N14O13S6/c1-27(2)44-58-74-47(40(94-58)22-87-5)51(80)64-21-43(77)71-48(49(78)29-9-7-6-8-10-29)57-69-39(25-91-57)55-67-37(23-90-55)46-33(53-68-38(24-89-53)50(79)66-35(20-42(76)62-4)56-73-45(28(3)93-56)52(81)72-44)15-16-34(65-46)54-70-41(26-92-54)75(31-17-18-63-36(19-31)60(84)85)61(86)88-32-13-11-30(12-14-32)59(82)83/h6-10,15-19,23-27,30,32,35,44,48-49,78H,11-14,20-22H2,1-5H3,(H,62,76)(H,64,80)(H,66,79)(H,71,77)(H,72,81)(H,82,83)(H,84,85)/t30-,32-,35-,44?,48-,49-/m0/s1. The van der Waals surface area contributed by atoms with E-state index in [9.17, 15) is 53.7 Å². The molecule has 9 heterocycles. The zero-order valence-electron chi connectivity index (χ0n) is 50.5. The molecule has 8 N–H and O–H groups in total. The molecule has 1 aliphatic heterocycles. The Morgan fingerprint density at radius 1 is 0.702 bits per heavy atom. The molecule has 27 nitrogen and oxygen atoms in total. The number of rotatable bonds is 13. The van der Waals surface area contributed by atoms with E-state index in [4.69, 9.17) is 44.4 Å². The van der Waals surface area contributed by atoms with Crippen molar-refractivity contribution < 1.29 is 63.1 Å². The lowest BCUT2D eigenvalue weighted by atomic mass is 9.87. The number of hydrogen-bond donors (Lipinski definition) is 8. The Kier molecular flexibility index (Phi) is 20.4. The second kappa shape index (κ2) is 29.0. The van der Waals surface area contributed by atoms with Gasteiger partial charge < -0.3 is 51.4 Å². The molecule has 1 aromatic carbocycles. The van der Waals surface area contributed by atoms with Crippen LogP contribution in [0, 0.1) is 18.8 Å². The lowest BCUT2D eigenvalue weighted by Crippen LogP contribution is -2.40. The van der Waals surface area contributed by atoms with E-state index in [1.54, 1.807) is 65.5 Å². The molecule has 2 aliphatic rings. The predicted molar refractivity (Wildman–Crippen MR) is 350 cm³/mol. The first-order valence-electron chi connectivity index (χ1n) is 29.1. The summed E-state index contributed by atoms with van der Waals surface area (Å²) in [5, 5.41) is 54.1. The Morgan fingerprint density at radius 2 is 1.41 bits per heavy atom. The summed E-state index contributed by atoms with van der Waals surface area (Å²) < 4.78 is 11.4. The van der Waals surface area contributed by atoms with Gasteiger partial charge >= 0.3 is 18.0 Å². The number of aliphatic hydroxyl groups is 1. The van der Waals surface area contributed by atoms with Crippen LogP contribution in [-0.4, -0.2) is 130 Å². The normalized spacial score (nSPS) is 18.2. The molecule has 10 bridgehead atoms. The number of hydrogen-bond acceptors (Lipinski definition) is 25. The summed E-state index contributed by atoms with van der Waals surface area (Å²) in [6.45, 7) is 4.86. The van der Waals surface area contributed by atoms with Crippen molar-refractivity contribution in [3.8, 4) is 43.4 Å². The van der Waals surface area contributed by atoms with Crippen molar-refractivity contribution in [3.63, 3.8) is 0 Å². The van der Waals surface area contributed by atoms with Gasteiger partial charge in [0.1, 0.15) is 88.2 Å². The van der Waals surface area contributed by atoms with E-state index in [1.807, 2.05) is 13.8 Å². The van der Waals surface area contributed by atoms with E-state index in [0.717, 1.165) is 61.6 Å². The number of carbonyl (C=O) groups excluding carboxylic acids is 6. The summed E-state index contributed by atoms with van der Waals surface area (Å²) in [4.78, 5) is 148. The number of carboxylic acid groups (broad SMARTS) is 2. The number of aliphatic carboxylic acids is 1. The topological polar surface area (TPSA) is 382 Å². The summed E-state index contributed by atoms with van der Waals surface area (Å²) in [7, 11) is 2.91. The molecule has 1 saturated carbocycles. The van der Waals surface area contributed by atoms with Crippen LogP contribution in [0.1, 0.15) is 142 Å². The Balaban J connectivity index is 0.990. The summed E-state index contributed by atoms with van der Waals surface area (Å²) in [6.07, 6.45) is -0.705. The maximum absolute atomic E-state index is 14.5. The van der Waals surface area contributed by atoms with Crippen LogP contribution in [0.2, 0.25) is 0 Å². The van der Waals surface area contributed by atoms with Crippen molar-refractivity contribution >= 4 is 127 Å². The minimum Gasteiger partial charge on any atom is -0.481 e. The number of ether oxygens (including phenoxy) is 2. The van der Waals surface area contributed by atoms with E-state index in [2.05, 4.69) is 31.6 Å². The minimum absolute atomic E-state index is 0.0203. The Labute approximate surface area is 559 Å². The largest absolute Gasteiger partial charge is 0.481 e. The number of carbonyl (C=O) groups is 8. The number of amides is 6. The zero-order chi connectivity index (χ0) is 66.5. The zero-order valence-corrected chi connectivity index (χ0v) is 55.4. The number of thiazole rings is 6. The van der Waals surface area contributed by atoms with Gasteiger partial charge in [-0.3, -0.25) is 28.8 Å². The SMILES string of the molecule is CNC(=O)C[C@@H]1NC(=O)c2csc(n2)-c2ccc(-c3nc(N(C(=O)O[C@H]4CC[C@H](C(=O)O)CC4)c4ccnc(C(=O)O)c4)cs3)nc2-c2csc(n2)-c2csc(n2)[C@H]([C@@H](O)c2ccccc2)NC(=O)CNC(=O)c2nc(sc2COC)C(C(C)C)NC(=O)c2nc1sc2C. The van der Waals surface area contributed by atoms with E-state index in [0.29, 0.717) is 83.0 Å². The fourth-order valence-electron chi connectivity index (χ4n) is 10.3. The van der Waals surface area contributed by atoms with Gasteiger partial charge in [-0.05, 0) is 68.4 Å². The first kappa shape index (κ1) is 66.2. The average Bonchev–Trinajstić information content (AvgIpc) is 1.62. The summed E-state index contributed by atoms with van der Waals surface area (Å²) in [5.41, 5.74) is 1.84. The Bertz CT molecular complexity index is 4340. The smallest absolute Gasteiger partial charge is 0.420 e. The summed E-state index contributed by atoms with van der Waals surface area (Å²) >= 11 is 6.86. The van der Waals surface area contributed by atoms with Gasteiger partial charge in [0.25, 0.3) is 17.7 Å². The first-order chi connectivity index (χ1) is 45.2. The molecule has 6 amide bonds. The maximum Gasteiger partial charge on any atom is 0.420 e. The molecule has 4 atom stereocenters. The van der Waals surface area contributed by atoms with Gasteiger partial charge in [-0.15, -0.1) is 68.0 Å². The number of aromatic nitrogens is 8. The monoisotopic (exact) mass is 1390 g/mol. The van der Waals surface area contributed by atoms with Crippen LogP contribution in [0.15, 0.2) is 82.3 Å². The lowest BCUT2D eigenvalue weighted by molar-refractivity contribution is -0.143. The fourth-order valence-corrected chi connectivity index (χ4v) is 15.8. The van der Waals surface area contributed by atoms with Crippen LogP contribution in [0.4, 0.5) is 16.3 Å². The second-order valence-corrected chi connectivity index (χ2v) is 27.7. The van der Waals surface area contributed by atoms with Crippen molar-refractivity contribution in [3.05, 3.63) is 135 Å². The Hall–Kier alpha value is -9.22. The molecule has 33 heteroatoms. The molecule has 0 spiro atoms. The molecule has 8 aromatic heterocycles. The van der Waals surface area contributed by atoms with Gasteiger partial charge in [0.15, 0.2) is 5.82 Å². The van der Waals surface area contributed by atoms with Gasteiger partial charge in [0.05, 0.1) is 53.8 Å². The molecule has 486 valence electrons. The Morgan fingerprint density at radius 3 is 2.15 bits per heavy atom. The highest BCUT2D eigenvalue weighted by atomic mass is 32.1. The third-order valence-electron chi connectivity index (χ3n) is 15.2. The number of pyridine rings is 2. The van der Waals surface area contributed by atoms with E-state index < -0.39 is 90.4 Å². The van der Waals surface area contributed by atoms with Crippen LogP contribution in [-0.2, 0) is 30.5 Å². The molecule has 1 unspecified atom stereocenters. The molecule has 94 heavy (non-hydrogen) atoms. The van der Waals surface area contributed by atoms with Crippen LogP contribution >= 0.6 is 68.0 Å². The molecular formula is C61H58N14O13S6. The molecule has 0 saturated heterocycles. The quantitative estimate of drug-likeness (QED) is 0.0532. The number of fused-ring (bicyclic) bond motifs is 14. The van der Waals surface area contributed by atoms with Crippen molar-refractivity contribution in [1.82, 2.24) is 66.5 Å². The minimum atomic E-state index is -1.35. The van der Waals surface area contributed by atoms with Crippen molar-refractivity contribution in [1.29, 1.82) is 0 Å². The maximum atomic E-state index is 14.5. The first-order valence-corrected chi connectivity index (χ1v) is 34.2. The summed E-state index contributed by atoms with van der Waals surface area (Å²) in [6, 6.07) is 11.8. The van der Waals surface area contributed by atoms with Gasteiger partial charge in [-0.25, -0.2) is 54.4 Å². The van der Waals surface area contributed by atoms with Crippen LogP contribution in [0.5, 0.6) is 0 Å². The second-order valence-electron chi connectivity index (χ2n) is 21.9. The van der Waals surface area contributed by atoms with E-state index >= 15 is 0 Å². The fraction of sp³-hybridized carbons (Fsp3) is 0.311. The van der Waals surface area contributed by atoms with Crippen molar-refractivity contribution in [2.45, 2.75) is 89.8 Å². The van der Waals surface area contributed by atoms with E-state index in [1.165, 1.54) is 49.2 Å². The highest BCUT2D eigenvalue weighted by Crippen LogP contribution is 2.41. The van der Waals surface area contributed by atoms with Gasteiger partial charge in [-0.2, -0.15) is 0 Å². The predicted octanol–water partition coefficient (Wildman–Crippen LogP) is 9.32. The van der Waals surface area contributed by atoms with E-state index in [-0.39, 0.29) is 69.6 Å². The average molecular weight is 1390 g/mol. The highest BCUT2D eigenvalue weighted by molar-refractivity contribution is 7.15. The summed E-state index contributed by atoms with van der Waals surface area (Å²) in [5.74, 6) is -6.13. The third-order valence-corrected chi connectivity index (χ3v) is 20.9. The van der Waals surface area contributed by atoms with Crippen LogP contribution in [0.25, 0.3) is 43.4 Å². The molecule has 1 fully saturated rings. The molecule has 0 radical (unpaired) electrons. The number of methoxy groups -OCH3 is 1. The number of benzene rings is 1. The molecular weight excluding hydrogens is 1330 g/mol. The van der Waals surface area contributed by atoms with Gasteiger partial charge in [-0.1, -0.05) is 44.2 Å². The van der Waals surface area contributed by atoms with Gasteiger partial charge in [0.2, 0.25) is 11.8 Å². The van der Waals surface area contributed by atoms with Crippen molar-refractivity contribution in [2.24, 2.45) is 11.8 Å². The number of anilines is 2. The number of aryl methyl sites for hydroxylation is 1. The number of nitrogens with zero attached hydrogens (tertiary/aromatic N) is 9. The molecule has 1 aliphatic carbocycles. The lowest BCUT2D eigenvalue weighted by Gasteiger charge is -2.28. The number of carboxylic acids is 2.